The van der Waals surface area contributed by atoms with Crippen molar-refractivity contribution in [2.45, 2.75) is 51.5 Å². The lowest BCUT2D eigenvalue weighted by molar-refractivity contribution is -0.143. The van der Waals surface area contributed by atoms with Gasteiger partial charge in [-0.05, 0) is 32.6 Å². The van der Waals surface area contributed by atoms with Gasteiger partial charge in [-0.15, -0.1) is 0 Å². The molecule has 1 aromatic heterocycles. The lowest BCUT2D eigenvalue weighted by atomic mass is 9.96. The lowest BCUT2D eigenvalue weighted by Gasteiger charge is -2.34. The van der Waals surface area contributed by atoms with E-state index in [0.717, 1.165) is 25.7 Å². The van der Waals surface area contributed by atoms with Gasteiger partial charge < -0.3 is 14.3 Å². The van der Waals surface area contributed by atoms with Crippen LogP contribution < -0.4 is 0 Å². The van der Waals surface area contributed by atoms with Gasteiger partial charge in [0.2, 0.25) is 17.7 Å². The van der Waals surface area contributed by atoms with Crippen molar-refractivity contribution >= 4 is 11.8 Å². The summed E-state index contributed by atoms with van der Waals surface area (Å²) in [6, 6.07) is -0.264. The summed E-state index contributed by atoms with van der Waals surface area (Å²) in [4.78, 5) is 32.1. The van der Waals surface area contributed by atoms with Crippen LogP contribution in [0.15, 0.2) is 4.52 Å². The van der Waals surface area contributed by atoms with Gasteiger partial charge in [0, 0.05) is 32.5 Å². The zero-order chi connectivity index (χ0) is 15.7. The molecule has 0 radical (unpaired) electrons. The Morgan fingerprint density at radius 3 is 2.50 bits per heavy atom. The molecule has 2 aliphatic heterocycles. The van der Waals surface area contributed by atoms with Crippen LogP contribution in [-0.2, 0) is 9.59 Å². The zero-order valence-electron chi connectivity index (χ0n) is 13.1. The van der Waals surface area contributed by atoms with Crippen molar-refractivity contribution in [2.75, 3.05) is 19.6 Å². The Morgan fingerprint density at radius 2 is 1.91 bits per heavy atom. The largest absolute Gasteiger partial charge is 0.341 e. The number of rotatable bonds is 2. The van der Waals surface area contributed by atoms with E-state index in [0.29, 0.717) is 31.3 Å². The van der Waals surface area contributed by atoms with Crippen LogP contribution in [0.3, 0.4) is 0 Å². The highest BCUT2D eigenvalue weighted by Crippen LogP contribution is 2.28. The van der Waals surface area contributed by atoms with E-state index in [1.165, 1.54) is 6.92 Å². The second-order valence-electron chi connectivity index (χ2n) is 6.15. The molecule has 2 aliphatic rings. The minimum Gasteiger partial charge on any atom is -0.341 e. The maximum Gasteiger partial charge on any atom is 0.245 e. The zero-order valence-corrected chi connectivity index (χ0v) is 13.1. The van der Waals surface area contributed by atoms with E-state index in [9.17, 15) is 9.59 Å². The smallest absolute Gasteiger partial charge is 0.245 e. The summed E-state index contributed by atoms with van der Waals surface area (Å²) in [5, 5.41) is 3.83. The van der Waals surface area contributed by atoms with E-state index in [1.807, 2.05) is 11.8 Å². The summed E-state index contributed by atoms with van der Waals surface area (Å²) in [6.45, 7) is 5.42. The molecule has 2 fully saturated rings. The van der Waals surface area contributed by atoms with Gasteiger partial charge in [-0.1, -0.05) is 5.16 Å². The van der Waals surface area contributed by atoms with Gasteiger partial charge in [-0.25, -0.2) is 0 Å². The maximum atomic E-state index is 12.6. The molecule has 3 heterocycles. The number of carbonyl (C=O) groups excluding carboxylic acids is 2. The Kier molecular flexibility index (Phi) is 4.13. The number of aryl methyl sites for hydroxylation is 1. The van der Waals surface area contributed by atoms with Crippen molar-refractivity contribution in [3.63, 3.8) is 0 Å². The summed E-state index contributed by atoms with van der Waals surface area (Å²) in [5.41, 5.74) is 0. The Labute approximate surface area is 129 Å². The van der Waals surface area contributed by atoms with Gasteiger partial charge in [-0.2, -0.15) is 4.98 Å². The van der Waals surface area contributed by atoms with E-state index < -0.39 is 0 Å². The molecule has 7 heteroatoms. The Bertz CT molecular complexity index is 563. The highest BCUT2D eigenvalue weighted by atomic mass is 16.5. The molecular weight excluding hydrogens is 284 g/mol. The standard InChI is InChI=1S/C15H22N4O3/c1-10-16-14(22-17-10)12-5-8-18(9-6-12)15(21)13-4-3-7-19(13)11(2)20/h12-13H,3-9H2,1-2H3/t13-/m1/s1. The average Bonchev–Trinajstić information content (AvgIpc) is 3.15. The van der Waals surface area contributed by atoms with Crippen molar-refractivity contribution in [3.8, 4) is 0 Å². The lowest BCUT2D eigenvalue weighted by Crippen LogP contribution is -2.49. The topological polar surface area (TPSA) is 79.5 Å². The predicted molar refractivity (Wildman–Crippen MR) is 78.0 cm³/mol. The first-order chi connectivity index (χ1) is 10.6. The SMILES string of the molecule is CC(=O)N1CCC[C@@H]1C(=O)N1CCC(c2nc(C)no2)CC1. The fourth-order valence-corrected chi connectivity index (χ4v) is 3.44. The van der Waals surface area contributed by atoms with Crippen LogP contribution in [0.25, 0.3) is 0 Å². The molecule has 0 spiro atoms. The van der Waals surface area contributed by atoms with Crippen LogP contribution in [0.4, 0.5) is 0 Å². The first-order valence-electron chi connectivity index (χ1n) is 7.92. The summed E-state index contributed by atoms with van der Waals surface area (Å²) < 4.78 is 5.23. The Hall–Kier alpha value is -1.92. The van der Waals surface area contributed by atoms with Crippen LogP contribution >= 0.6 is 0 Å². The molecule has 2 saturated heterocycles. The third-order valence-corrected chi connectivity index (χ3v) is 4.64. The second kappa shape index (κ2) is 6.06. The van der Waals surface area contributed by atoms with E-state index >= 15 is 0 Å². The van der Waals surface area contributed by atoms with Crippen molar-refractivity contribution in [1.29, 1.82) is 0 Å². The molecule has 0 N–H and O–H groups in total. The van der Waals surface area contributed by atoms with E-state index in [1.54, 1.807) is 4.90 Å². The molecule has 1 aromatic rings. The fraction of sp³-hybridized carbons (Fsp3) is 0.733. The third-order valence-electron chi connectivity index (χ3n) is 4.64. The van der Waals surface area contributed by atoms with Gasteiger partial charge in [-0.3, -0.25) is 9.59 Å². The van der Waals surface area contributed by atoms with Crippen LogP contribution in [0.5, 0.6) is 0 Å². The highest BCUT2D eigenvalue weighted by Gasteiger charge is 2.37. The molecule has 7 nitrogen and oxygen atoms in total. The van der Waals surface area contributed by atoms with Gasteiger partial charge in [0.05, 0.1) is 0 Å². The quantitative estimate of drug-likeness (QED) is 0.817. The number of amides is 2. The monoisotopic (exact) mass is 306 g/mol. The molecule has 0 aromatic carbocycles. The molecule has 120 valence electrons. The number of likely N-dealkylation sites (tertiary alicyclic amines) is 2. The molecule has 2 amide bonds. The number of hydrogen-bond acceptors (Lipinski definition) is 5. The molecule has 0 unspecified atom stereocenters. The minimum absolute atomic E-state index is 0.00734. The number of hydrogen-bond donors (Lipinski definition) is 0. The third kappa shape index (κ3) is 2.84. The van der Waals surface area contributed by atoms with Crippen LogP contribution in [-0.4, -0.2) is 57.4 Å². The van der Waals surface area contributed by atoms with Crippen LogP contribution in [0.1, 0.15) is 50.2 Å². The number of piperidine rings is 1. The Balaban J connectivity index is 1.59. The second-order valence-corrected chi connectivity index (χ2v) is 6.15. The Morgan fingerprint density at radius 1 is 1.18 bits per heavy atom. The summed E-state index contributed by atoms with van der Waals surface area (Å²) in [6.07, 6.45) is 3.36. The molecule has 0 bridgehead atoms. The first-order valence-corrected chi connectivity index (χ1v) is 7.92. The maximum absolute atomic E-state index is 12.6. The van der Waals surface area contributed by atoms with Gasteiger partial charge >= 0.3 is 0 Å². The van der Waals surface area contributed by atoms with Crippen molar-refractivity contribution < 1.29 is 14.1 Å². The average molecular weight is 306 g/mol. The van der Waals surface area contributed by atoms with Gasteiger partial charge in [0.15, 0.2) is 5.82 Å². The number of aromatic nitrogens is 2. The van der Waals surface area contributed by atoms with Gasteiger partial charge in [0.1, 0.15) is 6.04 Å². The molecule has 0 saturated carbocycles. The molecule has 3 rings (SSSR count). The van der Waals surface area contributed by atoms with Crippen molar-refractivity contribution in [1.82, 2.24) is 19.9 Å². The molecule has 1 atom stereocenters. The highest BCUT2D eigenvalue weighted by molar-refractivity contribution is 5.87. The fourth-order valence-electron chi connectivity index (χ4n) is 3.44. The van der Waals surface area contributed by atoms with Crippen LogP contribution in [0.2, 0.25) is 0 Å². The molecule has 0 aliphatic carbocycles. The molecular formula is C15H22N4O3. The first kappa shape index (κ1) is 15.0. The number of nitrogens with zero attached hydrogens (tertiary/aromatic N) is 4. The van der Waals surface area contributed by atoms with E-state index in [4.69, 9.17) is 4.52 Å². The summed E-state index contributed by atoms with van der Waals surface area (Å²) in [5.74, 6) is 1.64. The summed E-state index contributed by atoms with van der Waals surface area (Å²) in [7, 11) is 0. The van der Waals surface area contributed by atoms with E-state index in [2.05, 4.69) is 10.1 Å². The molecule has 22 heavy (non-hydrogen) atoms. The van der Waals surface area contributed by atoms with Crippen molar-refractivity contribution in [2.24, 2.45) is 0 Å². The van der Waals surface area contributed by atoms with Crippen LogP contribution in [0, 0.1) is 6.92 Å². The number of carbonyl (C=O) groups is 2. The summed E-state index contributed by atoms with van der Waals surface area (Å²) >= 11 is 0. The van der Waals surface area contributed by atoms with E-state index in [-0.39, 0.29) is 23.8 Å². The normalized spacial score (nSPS) is 23.1. The van der Waals surface area contributed by atoms with Crippen molar-refractivity contribution in [3.05, 3.63) is 11.7 Å². The van der Waals surface area contributed by atoms with Gasteiger partial charge in [0.25, 0.3) is 0 Å². The minimum atomic E-state index is -0.264. The predicted octanol–water partition coefficient (Wildman–Crippen LogP) is 1.09.